The zero-order valence-electron chi connectivity index (χ0n) is 14.2. The van der Waals surface area contributed by atoms with Crippen molar-refractivity contribution in [3.05, 3.63) is 65.5 Å². The summed E-state index contributed by atoms with van der Waals surface area (Å²) in [5.74, 6) is 0.877. The van der Waals surface area contributed by atoms with Crippen LogP contribution in [-0.2, 0) is 11.2 Å². The maximum absolute atomic E-state index is 13.5. The summed E-state index contributed by atoms with van der Waals surface area (Å²) in [5, 5.41) is 2.80. The minimum absolute atomic E-state index is 0.0982. The van der Waals surface area contributed by atoms with Gasteiger partial charge in [-0.2, -0.15) is 0 Å². The number of carbonyl (C=O) groups is 1. The molecule has 2 rings (SSSR count). The number of hydrogen-bond donors (Lipinski definition) is 1. The second-order valence-corrected chi connectivity index (χ2v) is 5.98. The van der Waals surface area contributed by atoms with Gasteiger partial charge in [-0.3, -0.25) is 4.79 Å². The summed E-state index contributed by atoms with van der Waals surface area (Å²) in [6.45, 7) is 5.08. The van der Waals surface area contributed by atoms with Gasteiger partial charge in [-0.15, -0.1) is 0 Å². The molecule has 0 saturated heterocycles. The number of aryl methyl sites for hydroxylation is 1. The molecule has 0 bridgehead atoms. The van der Waals surface area contributed by atoms with Crippen molar-refractivity contribution in [3.63, 3.8) is 0 Å². The molecule has 0 atom stereocenters. The summed E-state index contributed by atoms with van der Waals surface area (Å²) in [4.78, 5) is 11.8. The number of carbonyl (C=O) groups excluding carboxylic acids is 1. The van der Waals surface area contributed by atoms with Crippen molar-refractivity contribution in [1.82, 2.24) is 5.32 Å². The van der Waals surface area contributed by atoms with Crippen molar-refractivity contribution < 1.29 is 13.9 Å². The largest absolute Gasteiger partial charge is 0.491 e. The maximum atomic E-state index is 13.5. The third-order valence-electron chi connectivity index (χ3n) is 3.80. The first-order valence-electron chi connectivity index (χ1n) is 8.29. The standard InChI is InChI=1S/C20H24FNO2/c1-15(2)17-8-4-6-10-19(17)24-14-13-22-20(23)12-11-16-7-3-5-9-18(16)21/h3-10,15H,11-14H2,1-2H3,(H,22,23). The van der Waals surface area contributed by atoms with Crippen LogP contribution >= 0.6 is 0 Å². The molecule has 0 aliphatic carbocycles. The summed E-state index contributed by atoms with van der Waals surface area (Å²) in [6, 6.07) is 14.5. The van der Waals surface area contributed by atoms with Gasteiger partial charge in [0, 0.05) is 6.42 Å². The van der Waals surface area contributed by atoms with Crippen molar-refractivity contribution in [2.75, 3.05) is 13.2 Å². The Balaban J connectivity index is 1.71. The predicted octanol–water partition coefficient (Wildman–Crippen LogP) is 4.08. The first-order chi connectivity index (χ1) is 11.6. The van der Waals surface area contributed by atoms with E-state index in [1.54, 1.807) is 18.2 Å². The van der Waals surface area contributed by atoms with Gasteiger partial charge < -0.3 is 10.1 Å². The number of amides is 1. The Morgan fingerprint density at radius 2 is 1.83 bits per heavy atom. The van der Waals surface area contributed by atoms with Crippen LogP contribution in [0.1, 0.15) is 37.3 Å². The molecule has 0 radical (unpaired) electrons. The molecule has 0 heterocycles. The minimum Gasteiger partial charge on any atom is -0.491 e. The molecule has 1 amide bonds. The maximum Gasteiger partial charge on any atom is 0.220 e. The monoisotopic (exact) mass is 329 g/mol. The highest BCUT2D eigenvalue weighted by atomic mass is 19.1. The molecule has 3 nitrogen and oxygen atoms in total. The highest BCUT2D eigenvalue weighted by Crippen LogP contribution is 2.25. The van der Waals surface area contributed by atoms with Crippen LogP contribution in [0.3, 0.4) is 0 Å². The molecule has 0 fully saturated rings. The van der Waals surface area contributed by atoms with Crippen molar-refractivity contribution in [2.24, 2.45) is 0 Å². The molecule has 0 aliphatic rings. The van der Waals surface area contributed by atoms with Gasteiger partial charge in [0.1, 0.15) is 18.2 Å². The van der Waals surface area contributed by atoms with Crippen LogP contribution in [-0.4, -0.2) is 19.1 Å². The van der Waals surface area contributed by atoms with Crippen molar-refractivity contribution in [3.8, 4) is 5.75 Å². The lowest BCUT2D eigenvalue weighted by molar-refractivity contribution is -0.121. The highest BCUT2D eigenvalue weighted by molar-refractivity contribution is 5.76. The number of para-hydroxylation sites is 1. The Morgan fingerprint density at radius 3 is 2.58 bits per heavy atom. The molecule has 0 unspecified atom stereocenters. The van der Waals surface area contributed by atoms with Gasteiger partial charge in [-0.25, -0.2) is 4.39 Å². The average Bonchev–Trinajstić information content (AvgIpc) is 2.58. The SMILES string of the molecule is CC(C)c1ccccc1OCCNC(=O)CCc1ccccc1F. The normalized spacial score (nSPS) is 10.7. The third kappa shape index (κ3) is 5.37. The van der Waals surface area contributed by atoms with Gasteiger partial charge in [0.25, 0.3) is 0 Å². The molecule has 0 saturated carbocycles. The molecule has 2 aromatic carbocycles. The van der Waals surface area contributed by atoms with Crippen molar-refractivity contribution >= 4 is 5.91 Å². The fourth-order valence-corrected chi connectivity index (χ4v) is 2.48. The van der Waals surface area contributed by atoms with E-state index in [1.807, 2.05) is 24.3 Å². The van der Waals surface area contributed by atoms with Gasteiger partial charge in [0.2, 0.25) is 5.91 Å². The second-order valence-electron chi connectivity index (χ2n) is 5.98. The van der Waals surface area contributed by atoms with Gasteiger partial charge in [-0.05, 0) is 35.6 Å². The van der Waals surface area contributed by atoms with E-state index in [0.29, 0.717) is 31.1 Å². The molecular formula is C20H24FNO2. The molecule has 0 aromatic heterocycles. The van der Waals surface area contributed by atoms with Crippen LogP contribution in [0.2, 0.25) is 0 Å². The van der Waals surface area contributed by atoms with Crippen LogP contribution in [0.25, 0.3) is 0 Å². The van der Waals surface area contributed by atoms with E-state index in [9.17, 15) is 9.18 Å². The lowest BCUT2D eigenvalue weighted by atomic mass is 10.0. The first kappa shape index (κ1) is 18.0. The van der Waals surface area contributed by atoms with E-state index in [2.05, 4.69) is 19.2 Å². The van der Waals surface area contributed by atoms with Crippen molar-refractivity contribution in [1.29, 1.82) is 0 Å². The first-order valence-corrected chi connectivity index (χ1v) is 8.29. The number of rotatable bonds is 8. The second kappa shape index (κ2) is 9.06. The average molecular weight is 329 g/mol. The van der Waals surface area contributed by atoms with Crippen LogP contribution in [0.5, 0.6) is 5.75 Å². The smallest absolute Gasteiger partial charge is 0.220 e. The van der Waals surface area contributed by atoms with E-state index in [-0.39, 0.29) is 18.1 Å². The zero-order valence-corrected chi connectivity index (χ0v) is 14.2. The number of hydrogen-bond acceptors (Lipinski definition) is 2. The Hall–Kier alpha value is -2.36. The molecule has 128 valence electrons. The van der Waals surface area contributed by atoms with Crippen molar-refractivity contribution in [2.45, 2.75) is 32.6 Å². The summed E-state index contributed by atoms with van der Waals surface area (Å²) in [7, 11) is 0. The Labute approximate surface area is 142 Å². The van der Waals surface area contributed by atoms with E-state index in [1.165, 1.54) is 6.07 Å². The molecular weight excluding hydrogens is 305 g/mol. The molecule has 4 heteroatoms. The van der Waals surface area contributed by atoms with E-state index in [4.69, 9.17) is 4.74 Å². The number of halogens is 1. The predicted molar refractivity (Wildman–Crippen MR) is 93.8 cm³/mol. The third-order valence-corrected chi connectivity index (χ3v) is 3.80. The molecule has 24 heavy (non-hydrogen) atoms. The van der Waals surface area contributed by atoms with Gasteiger partial charge >= 0.3 is 0 Å². The lowest BCUT2D eigenvalue weighted by Gasteiger charge is -2.14. The van der Waals surface area contributed by atoms with E-state index in [0.717, 1.165) is 11.3 Å². The van der Waals surface area contributed by atoms with E-state index >= 15 is 0 Å². The summed E-state index contributed by atoms with van der Waals surface area (Å²) < 4.78 is 19.2. The van der Waals surface area contributed by atoms with E-state index < -0.39 is 0 Å². The van der Waals surface area contributed by atoms with Gasteiger partial charge in [-0.1, -0.05) is 50.2 Å². The minimum atomic E-state index is -0.265. The molecule has 0 aliphatic heterocycles. The quantitative estimate of drug-likeness (QED) is 0.741. The molecule has 2 aromatic rings. The summed E-state index contributed by atoms with van der Waals surface area (Å²) in [5.41, 5.74) is 1.72. The number of ether oxygens (including phenoxy) is 1. The lowest BCUT2D eigenvalue weighted by Crippen LogP contribution is -2.28. The van der Waals surface area contributed by atoms with Crippen LogP contribution in [0, 0.1) is 5.82 Å². The summed E-state index contributed by atoms with van der Waals surface area (Å²) >= 11 is 0. The molecule has 1 N–H and O–H groups in total. The Morgan fingerprint density at radius 1 is 1.12 bits per heavy atom. The summed E-state index contributed by atoms with van der Waals surface area (Å²) in [6.07, 6.45) is 0.666. The number of benzene rings is 2. The van der Waals surface area contributed by atoms with Gasteiger partial charge in [0.05, 0.1) is 6.54 Å². The fraction of sp³-hybridized carbons (Fsp3) is 0.350. The van der Waals surface area contributed by atoms with Crippen LogP contribution < -0.4 is 10.1 Å². The topological polar surface area (TPSA) is 38.3 Å². The molecule has 0 spiro atoms. The Bertz CT molecular complexity index is 670. The van der Waals surface area contributed by atoms with Crippen LogP contribution in [0.4, 0.5) is 4.39 Å². The van der Waals surface area contributed by atoms with Gasteiger partial charge in [0.15, 0.2) is 0 Å². The fourth-order valence-electron chi connectivity index (χ4n) is 2.48. The highest BCUT2D eigenvalue weighted by Gasteiger charge is 2.08. The Kier molecular flexibility index (Phi) is 6.79. The van der Waals surface area contributed by atoms with Crippen LogP contribution in [0.15, 0.2) is 48.5 Å². The zero-order chi connectivity index (χ0) is 17.4. The number of nitrogens with one attached hydrogen (secondary N) is 1.